The van der Waals surface area contributed by atoms with Crippen LogP contribution in [0.5, 0.6) is 0 Å². The third-order valence-electron chi connectivity index (χ3n) is 2.38. The molecule has 1 aliphatic heterocycles. The lowest BCUT2D eigenvalue weighted by atomic mass is 9.73. The summed E-state index contributed by atoms with van der Waals surface area (Å²) in [5.41, 5.74) is -2.30. The fraction of sp³-hybridized carbons (Fsp3) is 0.857. The topological polar surface area (TPSA) is 66.8 Å². The maximum absolute atomic E-state index is 10.6. The molecule has 0 unspecified atom stereocenters. The summed E-state index contributed by atoms with van der Waals surface area (Å²) >= 11 is 0. The average molecular weight is 160 g/mol. The summed E-state index contributed by atoms with van der Waals surface area (Å²) in [6, 6.07) is 0. The Hall–Kier alpha value is -0.610. The van der Waals surface area contributed by atoms with Gasteiger partial charge < -0.3 is 14.9 Å². The van der Waals surface area contributed by atoms with Crippen molar-refractivity contribution in [2.24, 2.45) is 5.41 Å². The van der Waals surface area contributed by atoms with Crippen molar-refractivity contribution >= 4 is 5.97 Å². The van der Waals surface area contributed by atoms with Crippen molar-refractivity contribution in [3.8, 4) is 0 Å². The van der Waals surface area contributed by atoms with E-state index in [1.165, 1.54) is 13.8 Å². The summed E-state index contributed by atoms with van der Waals surface area (Å²) in [5, 5.41) is 18.3. The highest BCUT2D eigenvalue weighted by molar-refractivity contribution is 5.75. The number of aliphatic carboxylic acids is 1. The molecule has 0 atom stereocenters. The van der Waals surface area contributed by atoms with Gasteiger partial charge in [-0.15, -0.1) is 0 Å². The molecule has 1 fully saturated rings. The summed E-state index contributed by atoms with van der Waals surface area (Å²) in [6.45, 7) is 3.23. The van der Waals surface area contributed by atoms with Gasteiger partial charge in [0.25, 0.3) is 0 Å². The molecule has 64 valence electrons. The fourth-order valence-corrected chi connectivity index (χ4v) is 0.855. The Balaban J connectivity index is 2.78. The first-order valence-corrected chi connectivity index (χ1v) is 3.44. The smallest absolute Gasteiger partial charge is 0.312 e. The number of hydrogen-bond donors (Lipinski definition) is 2. The van der Waals surface area contributed by atoms with Gasteiger partial charge in [0.15, 0.2) is 0 Å². The van der Waals surface area contributed by atoms with Gasteiger partial charge >= 0.3 is 5.97 Å². The van der Waals surface area contributed by atoms with Crippen LogP contribution in [0.4, 0.5) is 0 Å². The number of hydrogen-bond acceptors (Lipinski definition) is 3. The van der Waals surface area contributed by atoms with E-state index in [1.807, 2.05) is 0 Å². The summed E-state index contributed by atoms with van der Waals surface area (Å²) in [4.78, 5) is 10.6. The molecular weight excluding hydrogens is 148 g/mol. The van der Waals surface area contributed by atoms with Gasteiger partial charge in [0.05, 0.1) is 18.6 Å². The summed E-state index contributed by atoms with van der Waals surface area (Å²) in [5.74, 6) is -0.997. The van der Waals surface area contributed by atoms with Gasteiger partial charge in [-0.3, -0.25) is 4.79 Å². The maximum Gasteiger partial charge on any atom is 0.312 e. The highest BCUT2D eigenvalue weighted by Gasteiger charge is 2.54. The van der Waals surface area contributed by atoms with Crippen LogP contribution in [0.25, 0.3) is 0 Å². The van der Waals surface area contributed by atoms with Crippen LogP contribution in [0.2, 0.25) is 0 Å². The number of carboxylic acid groups (broad SMARTS) is 1. The predicted molar refractivity (Wildman–Crippen MR) is 37.2 cm³/mol. The molecule has 0 aromatic heterocycles. The van der Waals surface area contributed by atoms with Crippen molar-refractivity contribution in [3.05, 3.63) is 0 Å². The first kappa shape index (κ1) is 8.49. The molecule has 2 N–H and O–H groups in total. The highest BCUT2D eigenvalue weighted by Crippen LogP contribution is 2.36. The van der Waals surface area contributed by atoms with Crippen LogP contribution < -0.4 is 0 Å². The van der Waals surface area contributed by atoms with E-state index >= 15 is 0 Å². The Kier molecular flexibility index (Phi) is 1.69. The molecule has 0 aliphatic carbocycles. The van der Waals surface area contributed by atoms with Gasteiger partial charge in [-0.2, -0.15) is 0 Å². The normalized spacial score (nSPS) is 22.5. The Morgan fingerprint density at radius 2 is 2.00 bits per heavy atom. The fourth-order valence-electron chi connectivity index (χ4n) is 0.855. The molecule has 0 bridgehead atoms. The monoisotopic (exact) mass is 160 g/mol. The molecule has 0 radical (unpaired) electrons. The van der Waals surface area contributed by atoms with Crippen LogP contribution >= 0.6 is 0 Å². The average Bonchev–Trinajstić information content (AvgIpc) is 1.82. The lowest BCUT2D eigenvalue weighted by Gasteiger charge is -2.45. The number of carbonyl (C=O) groups is 1. The molecule has 4 nitrogen and oxygen atoms in total. The van der Waals surface area contributed by atoms with Crippen LogP contribution in [-0.2, 0) is 9.53 Å². The highest BCUT2D eigenvalue weighted by atomic mass is 16.5. The van der Waals surface area contributed by atoms with Crippen LogP contribution in [0.3, 0.4) is 0 Å². The molecule has 0 amide bonds. The van der Waals surface area contributed by atoms with E-state index in [1.54, 1.807) is 0 Å². The Morgan fingerprint density at radius 3 is 2.09 bits per heavy atom. The van der Waals surface area contributed by atoms with Gasteiger partial charge in [0, 0.05) is 0 Å². The van der Waals surface area contributed by atoms with Crippen molar-refractivity contribution in [1.29, 1.82) is 0 Å². The van der Waals surface area contributed by atoms with Crippen molar-refractivity contribution in [2.45, 2.75) is 19.4 Å². The molecule has 0 saturated carbocycles. The Morgan fingerprint density at radius 1 is 1.55 bits per heavy atom. The van der Waals surface area contributed by atoms with E-state index in [0.29, 0.717) is 0 Å². The molecule has 11 heavy (non-hydrogen) atoms. The molecule has 1 aliphatic rings. The van der Waals surface area contributed by atoms with Gasteiger partial charge in [-0.1, -0.05) is 0 Å². The van der Waals surface area contributed by atoms with Crippen molar-refractivity contribution in [1.82, 2.24) is 0 Å². The zero-order valence-corrected chi connectivity index (χ0v) is 6.63. The summed E-state index contributed by atoms with van der Waals surface area (Å²) in [6.07, 6.45) is 0. The first-order valence-electron chi connectivity index (χ1n) is 3.44. The van der Waals surface area contributed by atoms with Gasteiger partial charge in [-0.25, -0.2) is 0 Å². The van der Waals surface area contributed by atoms with E-state index in [9.17, 15) is 9.90 Å². The third-order valence-corrected chi connectivity index (χ3v) is 2.38. The maximum atomic E-state index is 10.6. The van der Waals surface area contributed by atoms with E-state index in [-0.39, 0.29) is 13.2 Å². The zero-order valence-electron chi connectivity index (χ0n) is 6.63. The van der Waals surface area contributed by atoms with Crippen LogP contribution in [0.15, 0.2) is 0 Å². The molecule has 1 rings (SSSR count). The van der Waals surface area contributed by atoms with Crippen LogP contribution in [0.1, 0.15) is 13.8 Å². The van der Waals surface area contributed by atoms with E-state index in [0.717, 1.165) is 0 Å². The second kappa shape index (κ2) is 2.19. The summed E-state index contributed by atoms with van der Waals surface area (Å²) in [7, 11) is 0. The lowest BCUT2D eigenvalue weighted by molar-refractivity contribution is -0.236. The molecule has 4 heteroatoms. The van der Waals surface area contributed by atoms with Crippen molar-refractivity contribution in [2.75, 3.05) is 13.2 Å². The molecule has 0 spiro atoms. The van der Waals surface area contributed by atoms with Crippen molar-refractivity contribution < 1.29 is 19.7 Å². The summed E-state index contributed by atoms with van der Waals surface area (Å²) < 4.78 is 4.76. The minimum Gasteiger partial charge on any atom is -0.481 e. The van der Waals surface area contributed by atoms with Gasteiger partial charge in [0.2, 0.25) is 0 Å². The van der Waals surface area contributed by atoms with Crippen molar-refractivity contribution in [3.63, 3.8) is 0 Å². The predicted octanol–water partition coefficient (Wildman–Crippen LogP) is -0.141. The number of ether oxygens (including phenoxy) is 1. The third kappa shape index (κ3) is 1.02. The van der Waals surface area contributed by atoms with Gasteiger partial charge in [0.1, 0.15) is 5.60 Å². The van der Waals surface area contributed by atoms with Crippen LogP contribution in [-0.4, -0.2) is 35.0 Å². The lowest BCUT2D eigenvalue weighted by Crippen LogP contribution is -2.62. The van der Waals surface area contributed by atoms with Crippen LogP contribution in [0, 0.1) is 5.41 Å². The minimum atomic E-state index is -1.18. The molecule has 0 aromatic rings. The number of rotatable bonds is 2. The molecular formula is C7H12O4. The Labute approximate surface area is 64.8 Å². The zero-order chi connectivity index (χ0) is 8.70. The second-order valence-electron chi connectivity index (χ2n) is 3.45. The SMILES string of the molecule is CC(C)(C(=O)O)C1(O)COC1. The second-order valence-corrected chi connectivity index (χ2v) is 3.45. The number of aliphatic hydroxyl groups is 1. The molecule has 1 heterocycles. The van der Waals surface area contributed by atoms with E-state index < -0.39 is 17.0 Å². The molecule has 1 saturated heterocycles. The van der Waals surface area contributed by atoms with E-state index in [4.69, 9.17) is 9.84 Å². The van der Waals surface area contributed by atoms with Gasteiger partial charge in [-0.05, 0) is 13.8 Å². The first-order chi connectivity index (χ1) is 4.90. The quantitative estimate of drug-likeness (QED) is 0.590. The standard InChI is InChI=1S/C7H12O4/c1-6(2,5(8)9)7(10)3-11-4-7/h10H,3-4H2,1-2H3,(H,8,9). The largest absolute Gasteiger partial charge is 0.481 e. The minimum absolute atomic E-state index is 0.117. The van der Waals surface area contributed by atoms with E-state index in [2.05, 4.69) is 0 Å². The Bertz CT molecular complexity index is 181. The molecule has 0 aromatic carbocycles. The number of carboxylic acids is 1.